The van der Waals surface area contributed by atoms with E-state index in [9.17, 15) is 9.59 Å². The van der Waals surface area contributed by atoms with Crippen LogP contribution >= 0.6 is 23.6 Å². The van der Waals surface area contributed by atoms with Crippen molar-refractivity contribution in [3.05, 3.63) is 58.2 Å². The minimum atomic E-state index is -0.594. The van der Waals surface area contributed by atoms with Crippen LogP contribution in [0.1, 0.15) is 25.8 Å². The third kappa shape index (κ3) is 4.54. The van der Waals surface area contributed by atoms with E-state index in [-0.39, 0.29) is 11.8 Å². The third-order valence-electron chi connectivity index (χ3n) is 6.00. The first kappa shape index (κ1) is 22.4. The number of amides is 2. The van der Waals surface area contributed by atoms with Crippen LogP contribution in [0.15, 0.2) is 47.8 Å². The first-order valence-electron chi connectivity index (χ1n) is 10.7. The molecule has 168 valence electrons. The van der Waals surface area contributed by atoms with Gasteiger partial charge in [-0.25, -0.2) is 0 Å². The second kappa shape index (κ2) is 9.38. The average Bonchev–Trinajstić information content (AvgIpc) is 3.47. The normalized spacial score (nSPS) is 14.6. The second-order valence-electron chi connectivity index (χ2n) is 8.40. The summed E-state index contributed by atoms with van der Waals surface area (Å²) in [5, 5.41) is 9.13. The van der Waals surface area contributed by atoms with E-state index in [0.29, 0.717) is 43.9 Å². The zero-order chi connectivity index (χ0) is 22.7. The lowest BCUT2D eigenvalue weighted by molar-refractivity contribution is -0.142. The lowest BCUT2D eigenvalue weighted by Crippen LogP contribution is -2.54. The lowest BCUT2D eigenvalue weighted by atomic mass is 9.83. The number of thiophene rings is 1. The summed E-state index contributed by atoms with van der Waals surface area (Å²) in [6.07, 6.45) is 0.343. The van der Waals surface area contributed by atoms with Crippen LogP contribution in [0.25, 0.3) is 10.7 Å². The van der Waals surface area contributed by atoms with Crippen LogP contribution in [0.4, 0.5) is 0 Å². The topological polar surface area (TPSA) is 74.2 Å². The van der Waals surface area contributed by atoms with Gasteiger partial charge >= 0.3 is 0 Å². The summed E-state index contributed by atoms with van der Waals surface area (Å²) in [4.78, 5) is 30.7. The molecule has 0 spiro atoms. The van der Waals surface area contributed by atoms with E-state index in [1.807, 2.05) is 76.1 Å². The average molecular weight is 470 g/mol. The summed E-state index contributed by atoms with van der Waals surface area (Å²) in [6, 6.07) is 13.8. The molecule has 32 heavy (non-hydrogen) atoms. The van der Waals surface area contributed by atoms with Gasteiger partial charge in [0.2, 0.25) is 11.8 Å². The Bertz CT molecular complexity index is 1130. The Morgan fingerprint density at radius 3 is 2.41 bits per heavy atom. The van der Waals surface area contributed by atoms with E-state index in [0.717, 1.165) is 16.3 Å². The van der Waals surface area contributed by atoms with Crippen molar-refractivity contribution in [3.8, 4) is 10.7 Å². The van der Waals surface area contributed by atoms with Crippen molar-refractivity contribution in [3.63, 3.8) is 0 Å². The molecule has 1 saturated heterocycles. The molecule has 0 unspecified atom stereocenters. The summed E-state index contributed by atoms with van der Waals surface area (Å²) in [5.41, 5.74) is 0.408. The zero-order valence-corrected chi connectivity index (χ0v) is 19.9. The second-order valence-corrected chi connectivity index (χ2v) is 9.73. The van der Waals surface area contributed by atoms with Crippen LogP contribution in [0.3, 0.4) is 0 Å². The number of hydrogen-bond donors (Lipinski definition) is 1. The van der Waals surface area contributed by atoms with E-state index in [1.54, 1.807) is 11.3 Å². The number of piperazine rings is 1. The maximum Gasteiger partial charge on any atom is 0.232 e. The molecule has 1 aromatic carbocycles. The Kier molecular flexibility index (Phi) is 6.57. The summed E-state index contributed by atoms with van der Waals surface area (Å²) >= 11 is 6.94. The van der Waals surface area contributed by atoms with E-state index in [1.165, 1.54) is 0 Å². The maximum absolute atomic E-state index is 13.2. The summed E-state index contributed by atoms with van der Waals surface area (Å²) < 4.78 is 2.39. The molecule has 9 heteroatoms. The SMILES string of the molecule is CC(C)(C(=O)N1CCN(C(=O)CCn2c(-c3cccs3)n[nH]c2=S)CC1)c1ccccc1. The number of benzene rings is 1. The Hall–Kier alpha value is -2.78. The van der Waals surface area contributed by atoms with E-state index >= 15 is 0 Å². The highest BCUT2D eigenvalue weighted by Crippen LogP contribution is 2.26. The van der Waals surface area contributed by atoms with Gasteiger partial charge in [-0.3, -0.25) is 19.3 Å². The molecule has 3 heterocycles. The van der Waals surface area contributed by atoms with Gasteiger partial charge in [-0.1, -0.05) is 36.4 Å². The van der Waals surface area contributed by atoms with Crippen LogP contribution in [0.5, 0.6) is 0 Å². The van der Waals surface area contributed by atoms with Crippen LogP contribution in [0.2, 0.25) is 0 Å². The minimum Gasteiger partial charge on any atom is -0.339 e. The van der Waals surface area contributed by atoms with Gasteiger partial charge in [0.1, 0.15) is 0 Å². The molecule has 0 saturated carbocycles. The van der Waals surface area contributed by atoms with Crippen LogP contribution in [-0.2, 0) is 21.5 Å². The van der Waals surface area contributed by atoms with Crippen molar-refractivity contribution in [2.24, 2.45) is 0 Å². The van der Waals surface area contributed by atoms with Gasteiger partial charge in [0.15, 0.2) is 10.6 Å². The molecule has 1 N–H and O–H groups in total. The van der Waals surface area contributed by atoms with Gasteiger partial charge in [-0.05, 0) is 43.1 Å². The Labute approximate surface area is 196 Å². The Morgan fingerprint density at radius 2 is 1.75 bits per heavy atom. The molecular formula is C23H27N5O2S2. The number of carbonyl (C=O) groups is 2. The first-order chi connectivity index (χ1) is 15.4. The molecule has 4 rings (SSSR count). The maximum atomic E-state index is 13.2. The Morgan fingerprint density at radius 1 is 1.06 bits per heavy atom. The molecule has 1 fully saturated rings. The molecule has 7 nitrogen and oxygen atoms in total. The number of aromatic nitrogens is 3. The molecule has 0 radical (unpaired) electrons. The summed E-state index contributed by atoms with van der Waals surface area (Å²) in [7, 11) is 0. The van der Waals surface area contributed by atoms with Crippen LogP contribution in [0, 0.1) is 4.77 Å². The first-order valence-corrected chi connectivity index (χ1v) is 12.0. The van der Waals surface area contributed by atoms with Crippen molar-refractivity contribution in [2.45, 2.75) is 32.2 Å². The molecule has 1 aliphatic rings. The number of nitrogens with one attached hydrogen (secondary N) is 1. The van der Waals surface area contributed by atoms with Gasteiger partial charge in [-0.2, -0.15) is 5.10 Å². The summed E-state index contributed by atoms with van der Waals surface area (Å²) in [6.45, 7) is 6.58. The van der Waals surface area contributed by atoms with Crippen molar-refractivity contribution >= 4 is 35.4 Å². The predicted molar refractivity (Wildman–Crippen MR) is 128 cm³/mol. The fourth-order valence-corrected chi connectivity index (χ4v) is 4.96. The molecule has 0 atom stereocenters. The fourth-order valence-electron chi connectivity index (χ4n) is 4.02. The number of nitrogens with zero attached hydrogens (tertiary/aromatic N) is 4. The minimum absolute atomic E-state index is 0.0691. The third-order valence-corrected chi connectivity index (χ3v) is 7.18. The van der Waals surface area contributed by atoms with Crippen molar-refractivity contribution in [1.82, 2.24) is 24.6 Å². The van der Waals surface area contributed by atoms with Crippen LogP contribution < -0.4 is 0 Å². The van der Waals surface area contributed by atoms with Crippen molar-refractivity contribution in [2.75, 3.05) is 26.2 Å². The zero-order valence-electron chi connectivity index (χ0n) is 18.3. The predicted octanol–water partition coefficient (Wildman–Crippen LogP) is 3.71. The quantitative estimate of drug-likeness (QED) is 0.559. The standard InChI is InChI=1S/C23H27N5O2S2/c1-23(2,17-7-4-3-5-8-17)21(30)27-14-12-26(13-15-27)19(29)10-11-28-20(24-25-22(28)31)18-9-6-16-32-18/h3-9,16H,10-15H2,1-2H3,(H,25,31). The summed E-state index contributed by atoms with van der Waals surface area (Å²) in [5.74, 6) is 0.928. The number of aromatic amines is 1. The van der Waals surface area contributed by atoms with Gasteiger partial charge in [0.25, 0.3) is 0 Å². The highest BCUT2D eigenvalue weighted by molar-refractivity contribution is 7.71. The van der Waals surface area contributed by atoms with Crippen LogP contribution in [-0.4, -0.2) is 62.6 Å². The Balaban J connectivity index is 1.33. The largest absolute Gasteiger partial charge is 0.339 e. The van der Waals surface area contributed by atoms with Crippen molar-refractivity contribution in [1.29, 1.82) is 0 Å². The molecular weight excluding hydrogens is 442 g/mol. The number of H-pyrrole nitrogens is 1. The van der Waals surface area contributed by atoms with Gasteiger partial charge in [0, 0.05) is 39.1 Å². The molecule has 2 amide bonds. The van der Waals surface area contributed by atoms with Gasteiger partial charge < -0.3 is 9.80 Å². The van der Waals surface area contributed by atoms with E-state index in [4.69, 9.17) is 12.2 Å². The molecule has 0 aliphatic carbocycles. The molecule has 2 aromatic heterocycles. The fraction of sp³-hybridized carbons (Fsp3) is 0.391. The van der Waals surface area contributed by atoms with Crippen molar-refractivity contribution < 1.29 is 9.59 Å². The highest BCUT2D eigenvalue weighted by Gasteiger charge is 2.35. The number of hydrogen-bond acceptors (Lipinski definition) is 5. The molecule has 3 aromatic rings. The van der Waals surface area contributed by atoms with E-state index < -0.39 is 5.41 Å². The number of rotatable bonds is 6. The molecule has 1 aliphatic heterocycles. The lowest BCUT2D eigenvalue weighted by Gasteiger charge is -2.39. The smallest absolute Gasteiger partial charge is 0.232 e. The monoisotopic (exact) mass is 469 g/mol. The van der Waals surface area contributed by atoms with Gasteiger partial charge in [0.05, 0.1) is 10.3 Å². The number of carbonyl (C=O) groups excluding carboxylic acids is 2. The highest BCUT2D eigenvalue weighted by atomic mass is 32.1. The molecule has 0 bridgehead atoms. The van der Waals surface area contributed by atoms with E-state index in [2.05, 4.69) is 10.2 Å². The van der Waals surface area contributed by atoms with Gasteiger partial charge in [-0.15, -0.1) is 11.3 Å².